The van der Waals surface area contributed by atoms with Crippen molar-refractivity contribution in [3.05, 3.63) is 168 Å². The van der Waals surface area contributed by atoms with Crippen LogP contribution in [0.4, 0.5) is 26.3 Å². The molecule has 0 atom stereocenters. The van der Waals surface area contributed by atoms with Crippen LogP contribution in [0.15, 0.2) is 133 Å². The van der Waals surface area contributed by atoms with Gasteiger partial charge >= 0.3 is 12.4 Å². The zero-order valence-corrected chi connectivity index (χ0v) is 35.9. The SMILES string of the molecule is Cc1nc(C)nc(-c2ccc3c(c2)c2cc(-c4nc(C)nc(C)n4)ccc2n3-c2ccc(-c3nc(-c4ccccc4)nc(-c4ccccc4)n3)c(-c3ccc(C(F)(F)F)cc3C(F)(F)F)c2)n1. The molecule has 0 N–H and O–H groups in total. The maximum atomic E-state index is 15.2. The van der Waals surface area contributed by atoms with Crippen molar-refractivity contribution in [1.82, 2.24) is 49.4 Å². The summed E-state index contributed by atoms with van der Waals surface area (Å²) in [4.78, 5) is 41.4. The Labute approximate surface area is 378 Å². The maximum Gasteiger partial charge on any atom is 0.417 e. The summed E-state index contributed by atoms with van der Waals surface area (Å²) in [5, 5.41) is 1.47. The molecule has 4 aromatic heterocycles. The number of alkyl halides is 6. The highest BCUT2D eigenvalue weighted by molar-refractivity contribution is 6.11. The number of aryl methyl sites for hydroxylation is 4. The molecule has 10 nitrogen and oxygen atoms in total. The molecule has 0 aliphatic carbocycles. The van der Waals surface area contributed by atoms with Gasteiger partial charge in [0.1, 0.15) is 23.3 Å². The molecule has 0 fully saturated rings. The van der Waals surface area contributed by atoms with E-state index in [2.05, 4.69) is 29.9 Å². The van der Waals surface area contributed by atoms with Crippen LogP contribution >= 0.6 is 0 Å². The number of nitrogens with zero attached hydrogens (tertiary/aromatic N) is 10. The van der Waals surface area contributed by atoms with Gasteiger partial charge in [0.15, 0.2) is 29.1 Å². The van der Waals surface area contributed by atoms with Gasteiger partial charge in [0.05, 0.1) is 22.2 Å². The molecule has 0 unspecified atom stereocenters. The van der Waals surface area contributed by atoms with E-state index in [0.29, 0.717) is 80.0 Å². The summed E-state index contributed by atoms with van der Waals surface area (Å²) < 4.78 is 89.9. The van der Waals surface area contributed by atoms with Crippen LogP contribution in [0.25, 0.3) is 95.6 Å². The number of halogens is 6. The molecular weight excluding hydrogens is 867 g/mol. The minimum atomic E-state index is -5.20. The first-order chi connectivity index (χ1) is 32.1. The Bertz CT molecular complexity index is 3350. The Hall–Kier alpha value is -8.27. The zero-order chi connectivity index (χ0) is 46.8. The van der Waals surface area contributed by atoms with Crippen LogP contribution < -0.4 is 0 Å². The van der Waals surface area contributed by atoms with Crippen LogP contribution in [-0.2, 0) is 12.4 Å². The van der Waals surface area contributed by atoms with Crippen molar-refractivity contribution >= 4 is 21.8 Å². The van der Waals surface area contributed by atoms with Crippen molar-refractivity contribution in [1.29, 1.82) is 0 Å². The van der Waals surface area contributed by atoms with Crippen LogP contribution in [0.3, 0.4) is 0 Å². The fraction of sp³-hybridized carbons (Fsp3) is 0.118. The Morgan fingerprint density at radius 3 is 1.27 bits per heavy atom. The van der Waals surface area contributed by atoms with E-state index in [1.54, 1.807) is 88.4 Å². The van der Waals surface area contributed by atoms with Gasteiger partial charge in [-0.2, -0.15) is 26.3 Å². The molecule has 10 rings (SSSR count). The van der Waals surface area contributed by atoms with E-state index in [0.717, 1.165) is 16.8 Å². The average molecular weight is 901 g/mol. The van der Waals surface area contributed by atoms with Crippen molar-refractivity contribution in [2.75, 3.05) is 0 Å². The summed E-state index contributed by atoms with van der Waals surface area (Å²) in [5.74, 6) is 3.52. The fourth-order valence-corrected chi connectivity index (χ4v) is 8.28. The monoisotopic (exact) mass is 900 g/mol. The van der Waals surface area contributed by atoms with Gasteiger partial charge in [-0.3, -0.25) is 0 Å². The summed E-state index contributed by atoms with van der Waals surface area (Å²) >= 11 is 0. The number of benzene rings is 6. The second-order valence-electron chi connectivity index (χ2n) is 15.8. The maximum absolute atomic E-state index is 15.2. The molecule has 67 heavy (non-hydrogen) atoms. The number of rotatable bonds is 7. The van der Waals surface area contributed by atoms with Gasteiger partial charge in [0, 0.05) is 44.3 Å². The third kappa shape index (κ3) is 8.22. The van der Waals surface area contributed by atoms with Gasteiger partial charge in [-0.1, -0.05) is 66.7 Å². The number of hydrogen-bond donors (Lipinski definition) is 0. The molecule has 0 saturated heterocycles. The van der Waals surface area contributed by atoms with Gasteiger partial charge in [0.25, 0.3) is 0 Å². The minimum Gasteiger partial charge on any atom is -0.309 e. The second kappa shape index (κ2) is 16.3. The molecule has 0 amide bonds. The first-order valence-electron chi connectivity index (χ1n) is 20.9. The van der Waals surface area contributed by atoms with E-state index >= 15 is 13.2 Å². The molecular formula is C51H34F6N10. The summed E-state index contributed by atoms with van der Waals surface area (Å²) in [6.07, 6.45) is -10.3. The van der Waals surface area contributed by atoms with E-state index in [-0.39, 0.29) is 34.7 Å². The van der Waals surface area contributed by atoms with Crippen LogP contribution in [0.5, 0.6) is 0 Å². The lowest BCUT2D eigenvalue weighted by Gasteiger charge is -2.20. The summed E-state index contributed by atoms with van der Waals surface area (Å²) in [6, 6.07) is 35.8. The largest absolute Gasteiger partial charge is 0.417 e. The zero-order valence-electron chi connectivity index (χ0n) is 35.9. The van der Waals surface area contributed by atoms with Crippen LogP contribution in [0.2, 0.25) is 0 Å². The highest BCUT2D eigenvalue weighted by atomic mass is 19.4. The average Bonchev–Trinajstić information content (AvgIpc) is 3.63. The Morgan fingerprint density at radius 2 is 0.806 bits per heavy atom. The molecule has 6 aromatic carbocycles. The first-order valence-corrected chi connectivity index (χ1v) is 20.9. The third-order valence-corrected chi connectivity index (χ3v) is 11.1. The van der Waals surface area contributed by atoms with Crippen LogP contribution in [0.1, 0.15) is 34.4 Å². The van der Waals surface area contributed by atoms with Crippen LogP contribution in [-0.4, -0.2) is 49.4 Å². The van der Waals surface area contributed by atoms with Crippen molar-refractivity contribution in [3.63, 3.8) is 0 Å². The molecule has 0 aliphatic rings. The molecule has 0 spiro atoms. The van der Waals surface area contributed by atoms with Gasteiger partial charge in [-0.15, -0.1) is 0 Å². The van der Waals surface area contributed by atoms with E-state index in [4.69, 9.17) is 15.0 Å². The van der Waals surface area contributed by atoms with E-state index in [9.17, 15) is 13.2 Å². The summed E-state index contributed by atoms with van der Waals surface area (Å²) in [6.45, 7) is 7.10. The first kappa shape index (κ1) is 42.7. The van der Waals surface area contributed by atoms with Gasteiger partial charge in [0.2, 0.25) is 0 Å². The third-order valence-electron chi connectivity index (χ3n) is 11.1. The molecule has 10 aromatic rings. The molecule has 330 valence electrons. The van der Waals surface area contributed by atoms with Crippen molar-refractivity contribution in [2.24, 2.45) is 0 Å². The molecule has 0 bridgehead atoms. The standard InChI is InChI=1S/C51H34F6N10/c1-27-58-28(2)61-47(60-27)33-15-21-43-40(23-33)41-24-34(48-62-29(3)59-30(4)63-48)16-22-44(41)67(43)36-18-20-38(39(26-36)37-19-17-35(50(52,53)54)25-42(37)51(55,56)57)49-65-45(31-11-7-5-8-12-31)64-46(66-49)32-13-9-6-10-14-32/h5-26H,1-4H3. The lowest BCUT2D eigenvalue weighted by molar-refractivity contribution is -0.142. The van der Waals surface area contributed by atoms with E-state index < -0.39 is 29.0 Å². The Balaban J connectivity index is 1.27. The predicted molar refractivity (Wildman–Crippen MR) is 243 cm³/mol. The van der Waals surface area contributed by atoms with E-state index in [1.165, 1.54) is 6.07 Å². The Kier molecular flexibility index (Phi) is 10.4. The highest BCUT2D eigenvalue weighted by Gasteiger charge is 2.39. The molecule has 0 radical (unpaired) electrons. The normalized spacial score (nSPS) is 12.0. The Morgan fingerprint density at radius 1 is 0.358 bits per heavy atom. The minimum absolute atomic E-state index is 0.00431. The van der Waals surface area contributed by atoms with Gasteiger partial charge in [-0.25, -0.2) is 44.9 Å². The lowest BCUT2D eigenvalue weighted by Crippen LogP contribution is -2.12. The molecule has 16 heteroatoms. The number of fused-ring (bicyclic) bond motifs is 3. The van der Waals surface area contributed by atoms with Crippen molar-refractivity contribution in [2.45, 2.75) is 40.0 Å². The predicted octanol–water partition coefficient (Wildman–Crippen LogP) is 12.6. The lowest BCUT2D eigenvalue weighted by atomic mass is 9.92. The fourth-order valence-electron chi connectivity index (χ4n) is 8.28. The van der Waals surface area contributed by atoms with Gasteiger partial charge in [-0.05, 0) is 106 Å². The molecule has 0 saturated carbocycles. The smallest absolute Gasteiger partial charge is 0.309 e. The van der Waals surface area contributed by atoms with Crippen LogP contribution in [0, 0.1) is 27.7 Å². The molecule has 4 heterocycles. The highest BCUT2D eigenvalue weighted by Crippen LogP contribution is 2.45. The van der Waals surface area contributed by atoms with Crippen molar-refractivity contribution in [3.8, 4) is 73.8 Å². The summed E-state index contributed by atoms with van der Waals surface area (Å²) in [5.41, 5.74) is 0.917. The topological polar surface area (TPSA) is 121 Å². The number of aromatic nitrogens is 10. The van der Waals surface area contributed by atoms with Gasteiger partial charge < -0.3 is 4.57 Å². The number of hydrogen-bond acceptors (Lipinski definition) is 9. The van der Waals surface area contributed by atoms with Crippen molar-refractivity contribution < 1.29 is 26.3 Å². The van der Waals surface area contributed by atoms with E-state index in [1.807, 2.05) is 53.1 Å². The summed E-state index contributed by atoms with van der Waals surface area (Å²) in [7, 11) is 0. The molecule has 0 aliphatic heterocycles. The second-order valence-corrected chi connectivity index (χ2v) is 15.8. The quantitative estimate of drug-likeness (QED) is 0.144.